The Kier molecular flexibility index (Phi) is 6.24. The zero-order valence-electron chi connectivity index (χ0n) is 15.8. The van der Waals surface area contributed by atoms with Gasteiger partial charge >= 0.3 is 0 Å². The minimum Gasteiger partial charge on any atom is -0.497 e. The summed E-state index contributed by atoms with van der Waals surface area (Å²) in [6, 6.07) is 7.83. The minimum absolute atomic E-state index is 0.192. The summed E-state index contributed by atoms with van der Waals surface area (Å²) in [5, 5.41) is 11.1. The molecule has 0 saturated carbocycles. The number of nitrogens with zero attached hydrogens (tertiary/aromatic N) is 2. The largest absolute Gasteiger partial charge is 0.497 e. The zero-order valence-corrected chi connectivity index (χ0v) is 15.8. The first-order chi connectivity index (χ1) is 13.2. The fraction of sp³-hybridized carbons (Fsp3) is 0.450. The van der Waals surface area contributed by atoms with E-state index in [9.17, 15) is 4.79 Å². The highest BCUT2D eigenvalue weighted by molar-refractivity contribution is 5.83. The Labute approximate surface area is 158 Å². The van der Waals surface area contributed by atoms with E-state index < -0.39 is 0 Å². The molecule has 1 aliphatic rings. The Bertz CT molecular complexity index is 840. The molecule has 7 heteroatoms. The van der Waals surface area contributed by atoms with Crippen LogP contribution in [0.15, 0.2) is 29.1 Å². The summed E-state index contributed by atoms with van der Waals surface area (Å²) in [6.45, 7) is 3.80. The topological polar surface area (TPSA) is 89.2 Å². The van der Waals surface area contributed by atoms with Crippen LogP contribution in [0.1, 0.15) is 36.7 Å². The second-order valence-corrected chi connectivity index (χ2v) is 6.56. The smallest absolute Gasteiger partial charge is 0.264 e. The molecule has 0 atom stereocenters. The molecule has 7 nitrogen and oxygen atoms in total. The molecule has 1 aliphatic heterocycles. The molecule has 1 saturated heterocycles. The first-order valence-corrected chi connectivity index (χ1v) is 9.27. The van der Waals surface area contributed by atoms with Gasteiger partial charge in [0.25, 0.3) is 5.56 Å². The number of ether oxygens (including phenoxy) is 2. The fourth-order valence-electron chi connectivity index (χ4n) is 3.24. The summed E-state index contributed by atoms with van der Waals surface area (Å²) < 4.78 is 12.2. The van der Waals surface area contributed by atoms with Gasteiger partial charge in [-0.05, 0) is 30.5 Å². The van der Waals surface area contributed by atoms with E-state index in [2.05, 4.69) is 10.3 Å². The second-order valence-electron chi connectivity index (χ2n) is 6.56. The van der Waals surface area contributed by atoms with Gasteiger partial charge in [-0.3, -0.25) is 9.36 Å². The highest BCUT2D eigenvalue weighted by Crippen LogP contribution is 2.17. The lowest BCUT2D eigenvalue weighted by Crippen LogP contribution is -2.34. The van der Waals surface area contributed by atoms with E-state index in [1.165, 1.54) is 0 Å². The average Bonchev–Trinajstić information content (AvgIpc) is 2.71. The Morgan fingerprint density at radius 3 is 2.63 bits per heavy atom. The van der Waals surface area contributed by atoms with Crippen LogP contribution in [-0.4, -0.2) is 42.1 Å². The SMILES string of the molecule is CCc1nc(NC2CCOCC2)c(C=N)c(=O)n1Cc1ccc(OC)cc1. The lowest BCUT2D eigenvalue weighted by molar-refractivity contribution is 0.0903. The van der Waals surface area contributed by atoms with Crippen LogP contribution in [-0.2, 0) is 17.7 Å². The summed E-state index contributed by atoms with van der Waals surface area (Å²) in [6.07, 6.45) is 3.47. The van der Waals surface area contributed by atoms with Gasteiger partial charge in [-0.25, -0.2) is 4.98 Å². The number of benzene rings is 1. The predicted octanol–water partition coefficient (Wildman–Crippen LogP) is 2.45. The van der Waals surface area contributed by atoms with E-state index in [-0.39, 0.29) is 11.6 Å². The van der Waals surface area contributed by atoms with Gasteiger partial charge in [0.05, 0.1) is 19.2 Å². The molecule has 1 fully saturated rings. The number of aromatic nitrogens is 2. The molecule has 0 unspecified atom stereocenters. The van der Waals surface area contributed by atoms with E-state index in [4.69, 9.17) is 14.9 Å². The number of anilines is 1. The number of rotatable bonds is 7. The van der Waals surface area contributed by atoms with Crippen LogP contribution >= 0.6 is 0 Å². The molecule has 2 N–H and O–H groups in total. The van der Waals surface area contributed by atoms with E-state index >= 15 is 0 Å². The van der Waals surface area contributed by atoms with Crippen molar-refractivity contribution >= 4 is 12.0 Å². The summed E-state index contributed by atoms with van der Waals surface area (Å²) >= 11 is 0. The van der Waals surface area contributed by atoms with Gasteiger partial charge in [0.15, 0.2) is 0 Å². The van der Waals surface area contributed by atoms with Crippen LogP contribution in [0.4, 0.5) is 5.82 Å². The van der Waals surface area contributed by atoms with E-state index in [1.54, 1.807) is 11.7 Å². The molecule has 0 spiro atoms. The number of nitrogens with one attached hydrogen (secondary N) is 2. The number of hydrogen-bond donors (Lipinski definition) is 2. The molecule has 1 aromatic heterocycles. The van der Waals surface area contributed by atoms with Gasteiger partial charge in [-0.15, -0.1) is 0 Å². The molecular weight excluding hydrogens is 344 g/mol. The molecule has 3 rings (SSSR count). The van der Waals surface area contributed by atoms with E-state index in [0.717, 1.165) is 30.4 Å². The second kappa shape index (κ2) is 8.81. The standard InChI is InChI=1S/C20H26N4O3/c1-3-18-23-19(22-15-8-10-27-11-9-15)17(12-21)20(25)24(18)13-14-4-6-16(26-2)7-5-14/h4-7,12,15,21-22H,3,8-11,13H2,1-2H3. The minimum atomic E-state index is -0.192. The van der Waals surface area contributed by atoms with Gasteiger partial charge < -0.3 is 20.2 Å². The van der Waals surface area contributed by atoms with E-state index in [1.807, 2.05) is 31.2 Å². The third kappa shape index (κ3) is 4.36. The summed E-state index contributed by atoms with van der Waals surface area (Å²) in [4.78, 5) is 17.7. The Balaban J connectivity index is 1.93. The van der Waals surface area contributed by atoms with Gasteiger partial charge in [0.2, 0.25) is 0 Å². The highest BCUT2D eigenvalue weighted by Gasteiger charge is 2.19. The van der Waals surface area contributed by atoms with Crippen LogP contribution < -0.4 is 15.6 Å². The lowest BCUT2D eigenvalue weighted by atomic mass is 10.1. The number of methoxy groups -OCH3 is 1. The van der Waals surface area contributed by atoms with Crippen LogP contribution in [0.3, 0.4) is 0 Å². The van der Waals surface area contributed by atoms with Gasteiger partial charge in [0, 0.05) is 31.9 Å². The maximum Gasteiger partial charge on any atom is 0.264 e. The van der Waals surface area contributed by atoms with Crippen molar-refractivity contribution < 1.29 is 9.47 Å². The first kappa shape index (κ1) is 19.1. The van der Waals surface area contributed by atoms with Crippen LogP contribution in [0.5, 0.6) is 5.75 Å². The summed E-state index contributed by atoms with van der Waals surface area (Å²) in [7, 11) is 1.62. The van der Waals surface area contributed by atoms with E-state index in [0.29, 0.717) is 43.4 Å². The molecule has 144 valence electrons. The third-order valence-electron chi connectivity index (χ3n) is 4.81. The van der Waals surface area contributed by atoms with Crippen molar-refractivity contribution in [1.82, 2.24) is 9.55 Å². The van der Waals surface area contributed by atoms with Crippen molar-refractivity contribution in [2.45, 2.75) is 38.8 Å². The molecule has 1 aromatic carbocycles. The van der Waals surface area contributed by atoms with Gasteiger partial charge in [-0.2, -0.15) is 0 Å². The van der Waals surface area contributed by atoms with Crippen molar-refractivity contribution in [3.8, 4) is 5.75 Å². The maximum atomic E-state index is 13.1. The van der Waals surface area contributed by atoms with Crippen LogP contribution in [0.25, 0.3) is 0 Å². The summed E-state index contributed by atoms with van der Waals surface area (Å²) in [5.74, 6) is 1.98. The normalized spacial score (nSPS) is 14.7. The monoisotopic (exact) mass is 370 g/mol. The molecule has 2 aromatic rings. The fourth-order valence-corrected chi connectivity index (χ4v) is 3.24. The highest BCUT2D eigenvalue weighted by atomic mass is 16.5. The molecular formula is C20H26N4O3. The van der Waals surface area contributed by atoms with Crippen molar-refractivity contribution in [2.24, 2.45) is 0 Å². The predicted molar refractivity (Wildman–Crippen MR) is 105 cm³/mol. The van der Waals surface area contributed by atoms with Crippen LogP contribution in [0.2, 0.25) is 0 Å². The Morgan fingerprint density at radius 1 is 1.33 bits per heavy atom. The lowest BCUT2D eigenvalue weighted by Gasteiger charge is -2.25. The molecule has 0 amide bonds. The van der Waals surface area contributed by atoms with Crippen LogP contribution in [0, 0.1) is 5.41 Å². The molecule has 0 bridgehead atoms. The Hall–Kier alpha value is -2.67. The number of aryl methyl sites for hydroxylation is 1. The molecule has 0 aliphatic carbocycles. The molecule has 2 heterocycles. The van der Waals surface area contributed by atoms with Crippen molar-refractivity contribution in [2.75, 3.05) is 25.6 Å². The maximum absolute atomic E-state index is 13.1. The first-order valence-electron chi connectivity index (χ1n) is 9.27. The van der Waals surface area contributed by atoms with Gasteiger partial charge in [-0.1, -0.05) is 19.1 Å². The van der Waals surface area contributed by atoms with Crippen molar-refractivity contribution in [1.29, 1.82) is 5.41 Å². The quantitative estimate of drug-likeness (QED) is 0.731. The summed E-state index contributed by atoms with van der Waals surface area (Å²) in [5.41, 5.74) is 1.09. The zero-order chi connectivity index (χ0) is 19.2. The number of hydrogen-bond acceptors (Lipinski definition) is 6. The van der Waals surface area contributed by atoms with Gasteiger partial charge in [0.1, 0.15) is 17.4 Å². The molecule has 27 heavy (non-hydrogen) atoms. The van der Waals surface area contributed by atoms with Crippen molar-refractivity contribution in [3.63, 3.8) is 0 Å². The Morgan fingerprint density at radius 2 is 2.04 bits per heavy atom. The molecule has 0 radical (unpaired) electrons. The third-order valence-corrected chi connectivity index (χ3v) is 4.81. The van der Waals surface area contributed by atoms with Crippen molar-refractivity contribution in [3.05, 3.63) is 51.6 Å². The average molecular weight is 370 g/mol.